The zero-order chi connectivity index (χ0) is 8.39. The first kappa shape index (κ1) is 7.98. The SMILES string of the molecule is N[C@H](c1ccsc1)c1cccs1. The summed E-state index contributed by atoms with van der Waals surface area (Å²) in [6.07, 6.45) is 0. The molecule has 0 saturated carbocycles. The summed E-state index contributed by atoms with van der Waals surface area (Å²) in [5, 5.41) is 6.22. The second-order valence-electron chi connectivity index (χ2n) is 2.55. The smallest absolute Gasteiger partial charge is 0.0654 e. The molecule has 3 heteroatoms. The highest BCUT2D eigenvalue weighted by molar-refractivity contribution is 7.10. The van der Waals surface area contributed by atoms with Gasteiger partial charge < -0.3 is 5.73 Å². The Morgan fingerprint density at radius 1 is 1.25 bits per heavy atom. The van der Waals surface area contributed by atoms with Gasteiger partial charge in [0.1, 0.15) is 0 Å². The van der Waals surface area contributed by atoms with Crippen LogP contribution in [-0.2, 0) is 0 Å². The van der Waals surface area contributed by atoms with Gasteiger partial charge in [-0.1, -0.05) is 6.07 Å². The van der Waals surface area contributed by atoms with Crippen molar-refractivity contribution in [3.05, 3.63) is 44.8 Å². The molecule has 2 N–H and O–H groups in total. The lowest BCUT2D eigenvalue weighted by Gasteiger charge is -2.05. The second-order valence-corrected chi connectivity index (χ2v) is 4.31. The van der Waals surface area contributed by atoms with Crippen LogP contribution in [0.25, 0.3) is 0 Å². The molecule has 2 rings (SSSR count). The lowest BCUT2D eigenvalue weighted by Crippen LogP contribution is -2.08. The van der Waals surface area contributed by atoms with Crippen LogP contribution in [0.4, 0.5) is 0 Å². The van der Waals surface area contributed by atoms with E-state index in [1.807, 2.05) is 6.07 Å². The molecule has 0 aromatic carbocycles. The van der Waals surface area contributed by atoms with E-state index in [9.17, 15) is 0 Å². The maximum Gasteiger partial charge on any atom is 0.0654 e. The van der Waals surface area contributed by atoms with Crippen molar-refractivity contribution < 1.29 is 0 Å². The van der Waals surface area contributed by atoms with Crippen molar-refractivity contribution in [2.45, 2.75) is 6.04 Å². The summed E-state index contributed by atoms with van der Waals surface area (Å²) in [6.45, 7) is 0. The molecule has 0 aliphatic heterocycles. The second kappa shape index (κ2) is 3.39. The van der Waals surface area contributed by atoms with Crippen molar-refractivity contribution in [3.63, 3.8) is 0 Å². The van der Waals surface area contributed by atoms with Crippen LogP contribution >= 0.6 is 22.7 Å². The van der Waals surface area contributed by atoms with Crippen LogP contribution in [0.15, 0.2) is 34.3 Å². The summed E-state index contributed by atoms with van der Waals surface area (Å²) >= 11 is 3.40. The van der Waals surface area contributed by atoms with Crippen LogP contribution in [0.2, 0.25) is 0 Å². The van der Waals surface area contributed by atoms with E-state index < -0.39 is 0 Å². The van der Waals surface area contributed by atoms with Gasteiger partial charge >= 0.3 is 0 Å². The molecule has 2 heterocycles. The van der Waals surface area contributed by atoms with Gasteiger partial charge in [-0.3, -0.25) is 0 Å². The highest BCUT2D eigenvalue weighted by atomic mass is 32.1. The molecule has 62 valence electrons. The molecular weight excluding hydrogens is 186 g/mol. The Hall–Kier alpha value is -0.640. The third-order valence-electron chi connectivity index (χ3n) is 1.75. The summed E-state index contributed by atoms with van der Waals surface area (Å²) < 4.78 is 0. The highest BCUT2D eigenvalue weighted by Crippen LogP contribution is 2.24. The maximum absolute atomic E-state index is 6.02. The third-order valence-corrected chi connectivity index (χ3v) is 3.41. The van der Waals surface area contributed by atoms with E-state index in [0.29, 0.717) is 0 Å². The molecule has 0 fully saturated rings. The zero-order valence-corrected chi connectivity index (χ0v) is 8.07. The Bertz CT molecular complexity index is 289. The van der Waals surface area contributed by atoms with Crippen molar-refractivity contribution in [1.82, 2.24) is 0 Å². The van der Waals surface area contributed by atoms with Crippen LogP contribution in [0.1, 0.15) is 16.5 Å². The fraction of sp³-hybridized carbons (Fsp3) is 0.111. The van der Waals surface area contributed by atoms with Crippen LogP contribution in [0, 0.1) is 0 Å². The first-order valence-electron chi connectivity index (χ1n) is 3.69. The first-order chi connectivity index (χ1) is 5.88. The van der Waals surface area contributed by atoms with Gasteiger partial charge in [-0.25, -0.2) is 0 Å². The van der Waals surface area contributed by atoms with Crippen molar-refractivity contribution >= 4 is 22.7 Å². The first-order valence-corrected chi connectivity index (χ1v) is 5.51. The fourth-order valence-corrected chi connectivity index (χ4v) is 2.54. The summed E-state index contributed by atoms with van der Waals surface area (Å²) in [6, 6.07) is 6.25. The molecule has 0 radical (unpaired) electrons. The van der Waals surface area contributed by atoms with E-state index in [-0.39, 0.29) is 6.04 Å². The standard InChI is InChI=1S/C9H9NS2/c10-9(7-3-5-11-6-7)8-2-1-4-12-8/h1-6,9H,10H2/t9-/m1/s1. The average molecular weight is 195 g/mol. The van der Waals surface area contributed by atoms with Gasteiger partial charge in [0.25, 0.3) is 0 Å². The van der Waals surface area contributed by atoms with Gasteiger partial charge in [0.2, 0.25) is 0 Å². The Morgan fingerprint density at radius 3 is 2.75 bits per heavy atom. The monoisotopic (exact) mass is 195 g/mol. The molecule has 0 aliphatic carbocycles. The lowest BCUT2D eigenvalue weighted by molar-refractivity contribution is 0.899. The zero-order valence-electron chi connectivity index (χ0n) is 6.44. The highest BCUT2D eigenvalue weighted by Gasteiger charge is 2.08. The van der Waals surface area contributed by atoms with Crippen LogP contribution in [-0.4, -0.2) is 0 Å². The average Bonchev–Trinajstić information content (AvgIpc) is 2.77. The number of hydrogen-bond acceptors (Lipinski definition) is 3. The van der Waals surface area contributed by atoms with Crippen molar-refractivity contribution in [1.29, 1.82) is 0 Å². The Morgan fingerprint density at radius 2 is 2.17 bits per heavy atom. The molecule has 1 atom stereocenters. The lowest BCUT2D eigenvalue weighted by atomic mass is 10.1. The minimum absolute atomic E-state index is 0.0660. The Labute approximate surface area is 79.5 Å². The summed E-state index contributed by atoms with van der Waals surface area (Å²) in [5.74, 6) is 0. The summed E-state index contributed by atoms with van der Waals surface area (Å²) in [5.41, 5.74) is 7.23. The minimum atomic E-state index is 0.0660. The van der Waals surface area contributed by atoms with E-state index in [2.05, 4.69) is 28.3 Å². The number of rotatable bonds is 2. The summed E-state index contributed by atoms with van der Waals surface area (Å²) in [4.78, 5) is 1.23. The predicted octanol–water partition coefficient (Wildman–Crippen LogP) is 2.86. The molecule has 0 aliphatic rings. The van der Waals surface area contributed by atoms with Gasteiger partial charge in [-0.05, 0) is 33.8 Å². The van der Waals surface area contributed by atoms with Gasteiger partial charge in [0.05, 0.1) is 6.04 Å². The van der Waals surface area contributed by atoms with Gasteiger partial charge in [-0.2, -0.15) is 11.3 Å². The van der Waals surface area contributed by atoms with E-state index in [4.69, 9.17) is 5.73 Å². The molecule has 0 amide bonds. The number of nitrogens with two attached hydrogens (primary N) is 1. The van der Waals surface area contributed by atoms with Crippen molar-refractivity contribution in [3.8, 4) is 0 Å². The molecule has 2 aromatic rings. The molecule has 2 aromatic heterocycles. The topological polar surface area (TPSA) is 26.0 Å². The largest absolute Gasteiger partial charge is 0.320 e. The number of hydrogen-bond donors (Lipinski definition) is 1. The molecule has 0 saturated heterocycles. The maximum atomic E-state index is 6.02. The summed E-state index contributed by atoms with van der Waals surface area (Å²) in [7, 11) is 0. The minimum Gasteiger partial charge on any atom is -0.320 e. The van der Waals surface area contributed by atoms with Gasteiger partial charge in [0.15, 0.2) is 0 Å². The van der Waals surface area contributed by atoms with Crippen molar-refractivity contribution in [2.75, 3.05) is 0 Å². The van der Waals surface area contributed by atoms with E-state index in [0.717, 1.165) is 0 Å². The third kappa shape index (κ3) is 1.43. The van der Waals surface area contributed by atoms with Crippen LogP contribution in [0.5, 0.6) is 0 Å². The van der Waals surface area contributed by atoms with E-state index >= 15 is 0 Å². The Kier molecular flexibility index (Phi) is 2.26. The Balaban J connectivity index is 2.27. The molecule has 1 nitrogen and oxygen atoms in total. The normalized spacial score (nSPS) is 13.1. The van der Waals surface area contributed by atoms with Crippen LogP contribution in [0.3, 0.4) is 0 Å². The molecular formula is C9H9NS2. The van der Waals surface area contributed by atoms with Crippen LogP contribution < -0.4 is 5.73 Å². The molecule has 0 bridgehead atoms. The molecule has 12 heavy (non-hydrogen) atoms. The number of thiophene rings is 2. The van der Waals surface area contributed by atoms with E-state index in [1.54, 1.807) is 22.7 Å². The van der Waals surface area contributed by atoms with Crippen molar-refractivity contribution in [2.24, 2.45) is 5.73 Å². The fourth-order valence-electron chi connectivity index (χ4n) is 1.08. The van der Waals surface area contributed by atoms with Gasteiger partial charge in [0, 0.05) is 4.88 Å². The molecule has 0 spiro atoms. The van der Waals surface area contributed by atoms with E-state index in [1.165, 1.54) is 10.4 Å². The quantitative estimate of drug-likeness (QED) is 0.783. The van der Waals surface area contributed by atoms with Gasteiger partial charge in [-0.15, -0.1) is 11.3 Å². The predicted molar refractivity (Wildman–Crippen MR) is 54.7 cm³/mol. The molecule has 0 unspecified atom stereocenters.